The molecule has 1 aliphatic carbocycles. The van der Waals surface area contributed by atoms with Gasteiger partial charge < -0.3 is 15.4 Å². The summed E-state index contributed by atoms with van der Waals surface area (Å²) in [6, 6.07) is 8.42. The highest BCUT2D eigenvalue weighted by Crippen LogP contribution is 2.27. The SMILES string of the molecule is O=C(COc1ccc(Cl)c(Cl)c1)NC1CCC(C(=O)NCc2ccc(Cl)cn2)CC1. The van der Waals surface area contributed by atoms with Crippen molar-refractivity contribution in [2.75, 3.05) is 6.61 Å². The summed E-state index contributed by atoms with van der Waals surface area (Å²) in [6.45, 7) is 0.269. The van der Waals surface area contributed by atoms with Crippen molar-refractivity contribution in [3.8, 4) is 5.75 Å². The average Bonchev–Trinajstić information content (AvgIpc) is 2.74. The lowest BCUT2D eigenvalue weighted by molar-refractivity contribution is -0.126. The third kappa shape index (κ3) is 6.76. The number of hydrogen-bond acceptors (Lipinski definition) is 4. The normalized spacial score (nSPS) is 18.5. The number of amides is 2. The number of nitrogens with one attached hydrogen (secondary N) is 2. The Morgan fingerprint density at radius 1 is 1.03 bits per heavy atom. The van der Waals surface area contributed by atoms with Gasteiger partial charge in [0, 0.05) is 24.2 Å². The number of ether oxygens (including phenoxy) is 1. The second-order valence-corrected chi connectivity index (χ2v) is 8.42. The van der Waals surface area contributed by atoms with E-state index in [4.69, 9.17) is 39.5 Å². The number of nitrogens with zero attached hydrogens (tertiary/aromatic N) is 1. The second-order valence-electron chi connectivity index (χ2n) is 7.17. The first-order valence-corrected chi connectivity index (χ1v) is 10.8. The van der Waals surface area contributed by atoms with Crippen LogP contribution in [0.1, 0.15) is 31.4 Å². The molecule has 1 aromatic carbocycles. The molecular weight excluding hydrogens is 449 g/mol. The van der Waals surface area contributed by atoms with Gasteiger partial charge in [0.05, 0.1) is 27.3 Å². The Balaban J connectivity index is 1.36. The van der Waals surface area contributed by atoms with Crippen molar-refractivity contribution >= 4 is 46.6 Å². The molecule has 1 aromatic heterocycles. The van der Waals surface area contributed by atoms with Crippen molar-refractivity contribution in [2.45, 2.75) is 38.3 Å². The summed E-state index contributed by atoms with van der Waals surface area (Å²) in [7, 11) is 0. The number of rotatable bonds is 7. The fraction of sp³-hybridized carbons (Fsp3) is 0.381. The predicted octanol–water partition coefficient (Wildman–Crippen LogP) is 4.41. The highest BCUT2D eigenvalue weighted by Gasteiger charge is 2.27. The monoisotopic (exact) mass is 469 g/mol. The standard InChI is InChI=1S/C21H22Cl3N3O3/c22-14-3-6-16(25-10-14)11-26-21(29)13-1-4-15(5-2-13)27-20(28)12-30-17-7-8-18(23)19(24)9-17/h3,6-10,13,15H,1-2,4-5,11-12H2,(H,26,29)(H,27,28). The van der Waals surface area contributed by atoms with E-state index in [-0.39, 0.29) is 30.4 Å². The van der Waals surface area contributed by atoms with Crippen LogP contribution in [0, 0.1) is 5.92 Å². The molecule has 160 valence electrons. The molecule has 0 unspecified atom stereocenters. The van der Waals surface area contributed by atoms with Gasteiger partial charge in [-0.1, -0.05) is 34.8 Å². The van der Waals surface area contributed by atoms with Gasteiger partial charge in [-0.3, -0.25) is 14.6 Å². The number of carbonyl (C=O) groups excluding carboxylic acids is 2. The van der Waals surface area contributed by atoms with Crippen LogP contribution < -0.4 is 15.4 Å². The maximum atomic E-state index is 12.4. The third-order valence-electron chi connectivity index (χ3n) is 4.96. The lowest BCUT2D eigenvalue weighted by Crippen LogP contribution is -2.42. The van der Waals surface area contributed by atoms with E-state index in [1.807, 2.05) is 0 Å². The zero-order chi connectivity index (χ0) is 21.5. The van der Waals surface area contributed by atoms with E-state index >= 15 is 0 Å². The molecule has 0 saturated heterocycles. The van der Waals surface area contributed by atoms with Crippen LogP contribution in [0.5, 0.6) is 5.75 Å². The van der Waals surface area contributed by atoms with Gasteiger partial charge in [-0.25, -0.2) is 0 Å². The maximum absolute atomic E-state index is 12.4. The molecular formula is C21H22Cl3N3O3. The molecule has 0 bridgehead atoms. The molecule has 6 nitrogen and oxygen atoms in total. The molecule has 0 spiro atoms. The first-order chi connectivity index (χ1) is 14.4. The van der Waals surface area contributed by atoms with Crippen molar-refractivity contribution in [1.82, 2.24) is 15.6 Å². The Kier molecular flexibility index (Phi) is 8.19. The van der Waals surface area contributed by atoms with Gasteiger partial charge in [-0.05, 0) is 49.9 Å². The molecule has 1 fully saturated rings. The summed E-state index contributed by atoms with van der Waals surface area (Å²) in [6.07, 6.45) is 4.49. The van der Waals surface area contributed by atoms with Crippen LogP contribution in [0.15, 0.2) is 36.5 Å². The van der Waals surface area contributed by atoms with Crippen molar-refractivity contribution < 1.29 is 14.3 Å². The molecule has 30 heavy (non-hydrogen) atoms. The Hall–Kier alpha value is -2.02. The molecule has 2 aromatic rings. The highest BCUT2D eigenvalue weighted by molar-refractivity contribution is 6.42. The van der Waals surface area contributed by atoms with Crippen LogP contribution in [-0.2, 0) is 16.1 Å². The highest BCUT2D eigenvalue weighted by atomic mass is 35.5. The molecule has 1 aliphatic rings. The molecule has 1 saturated carbocycles. The lowest BCUT2D eigenvalue weighted by Gasteiger charge is -2.28. The van der Waals surface area contributed by atoms with Crippen LogP contribution in [0.4, 0.5) is 0 Å². The van der Waals surface area contributed by atoms with Crippen molar-refractivity contribution in [2.24, 2.45) is 5.92 Å². The molecule has 0 aliphatic heterocycles. The fourth-order valence-electron chi connectivity index (χ4n) is 3.32. The molecule has 3 rings (SSSR count). The Morgan fingerprint density at radius 3 is 2.47 bits per heavy atom. The second kappa shape index (κ2) is 10.8. The average molecular weight is 471 g/mol. The van der Waals surface area contributed by atoms with Crippen molar-refractivity contribution in [1.29, 1.82) is 0 Å². The van der Waals surface area contributed by atoms with Gasteiger partial charge in [0.15, 0.2) is 6.61 Å². The molecule has 1 heterocycles. The van der Waals surface area contributed by atoms with Crippen molar-refractivity contribution in [3.05, 3.63) is 57.3 Å². The summed E-state index contributed by atoms with van der Waals surface area (Å²) in [5.74, 6) is 0.232. The first-order valence-electron chi connectivity index (χ1n) is 9.66. The Bertz CT molecular complexity index is 885. The minimum Gasteiger partial charge on any atom is -0.484 e. The van der Waals surface area contributed by atoms with E-state index < -0.39 is 0 Å². The van der Waals surface area contributed by atoms with Crippen LogP contribution in [0.3, 0.4) is 0 Å². The quantitative estimate of drug-likeness (QED) is 0.628. The maximum Gasteiger partial charge on any atom is 0.258 e. The smallest absolute Gasteiger partial charge is 0.258 e. The number of pyridine rings is 1. The Morgan fingerprint density at radius 2 is 1.80 bits per heavy atom. The van der Waals surface area contributed by atoms with Gasteiger partial charge in [-0.2, -0.15) is 0 Å². The third-order valence-corrected chi connectivity index (χ3v) is 5.92. The van der Waals surface area contributed by atoms with Gasteiger partial charge in [0.2, 0.25) is 5.91 Å². The summed E-state index contributed by atoms with van der Waals surface area (Å²) >= 11 is 17.6. The van der Waals surface area contributed by atoms with Crippen LogP contribution in [0.2, 0.25) is 15.1 Å². The predicted molar refractivity (Wildman–Crippen MR) is 117 cm³/mol. The van der Waals surface area contributed by atoms with Gasteiger partial charge in [0.25, 0.3) is 5.91 Å². The zero-order valence-corrected chi connectivity index (χ0v) is 18.4. The minimum atomic E-state index is -0.206. The zero-order valence-electron chi connectivity index (χ0n) is 16.2. The van der Waals surface area contributed by atoms with E-state index in [2.05, 4.69) is 15.6 Å². The molecule has 9 heteroatoms. The lowest BCUT2D eigenvalue weighted by atomic mass is 9.85. The topological polar surface area (TPSA) is 80.3 Å². The van der Waals surface area contributed by atoms with Gasteiger partial charge in [-0.15, -0.1) is 0 Å². The van der Waals surface area contributed by atoms with E-state index in [1.54, 1.807) is 36.5 Å². The minimum absolute atomic E-state index is 0.0134. The van der Waals surface area contributed by atoms with Gasteiger partial charge >= 0.3 is 0 Å². The van der Waals surface area contributed by atoms with E-state index in [1.165, 1.54) is 0 Å². The molecule has 2 amide bonds. The number of halogens is 3. The van der Waals surface area contributed by atoms with E-state index in [0.29, 0.717) is 27.4 Å². The molecule has 0 atom stereocenters. The molecule has 0 radical (unpaired) electrons. The fourth-order valence-corrected chi connectivity index (χ4v) is 3.72. The van der Waals surface area contributed by atoms with Crippen LogP contribution >= 0.6 is 34.8 Å². The Labute approximate surface area is 190 Å². The van der Waals surface area contributed by atoms with Crippen molar-refractivity contribution in [3.63, 3.8) is 0 Å². The van der Waals surface area contributed by atoms with Crippen LogP contribution in [0.25, 0.3) is 0 Å². The number of hydrogen-bond donors (Lipinski definition) is 2. The van der Waals surface area contributed by atoms with Gasteiger partial charge in [0.1, 0.15) is 5.75 Å². The first kappa shape index (κ1) is 22.7. The van der Waals surface area contributed by atoms with Crippen LogP contribution in [-0.4, -0.2) is 29.4 Å². The summed E-state index contributed by atoms with van der Waals surface area (Å²) in [4.78, 5) is 28.7. The largest absolute Gasteiger partial charge is 0.484 e. The number of benzene rings is 1. The van der Waals surface area contributed by atoms with E-state index in [9.17, 15) is 9.59 Å². The summed E-state index contributed by atoms with van der Waals surface area (Å²) < 4.78 is 5.45. The number of carbonyl (C=O) groups is 2. The summed E-state index contributed by atoms with van der Waals surface area (Å²) in [5, 5.41) is 7.24. The van der Waals surface area contributed by atoms with E-state index in [0.717, 1.165) is 31.4 Å². The summed E-state index contributed by atoms with van der Waals surface area (Å²) in [5.41, 5.74) is 0.760. The number of aromatic nitrogens is 1. The molecule has 2 N–H and O–H groups in total.